The summed E-state index contributed by atoms with van der Waals surface area (Å²) in [5.41, 5.74) is 0.702. The van der Waals surface area contributed by atoms with Crippen molar-refractivity contribution in [3.05, 3.63) is 72.2 Å². The van der Waals surface area contributed by atoms with Gasteiger partial charge in [0.25, 0.3) is 5.91 Å². The predicted molar refractivity (Wildman–Crippen MR) is 97.7 cm³/mol. The van der Waals surface area contributed by atoms with E-state index in [9.17, 15) is 4.79 Å². The minimum absolute atomic E-state index is 0.0269. The first-order valence-corrected chi connectivity index (χ1v) is 8.96. The maximum atomic E-state index is 12.6. The number of benzene rings is 2. The summed E-state index contributed by atoms with van der Waals surface area (Å²) >= 11 is 0. The fourth-order valence-corrected chi connectivity index (χ4v) is 3.74. The van der Waals surface area contributed by atoms with Gasteiger partial charge in [-0.1, -0.05) is 30.3 Å². The highest BCUT2D eigenvalue weighted by atomic mass is 16.3. The van der Waals surface area contributed by atoms with Gasteiger partial charge < -0.3 is 14.6 Å². The average Bonchev–Trinajstić information content (AvgIpc) is 3.36. The molecule has 0 spiro atoms. The zero-order valence-electron chi connectivity index (χ0n) is 14.2. The van der Waals surface area contributed by atoms with E-state index >= 15 is 0 Å². The summed E-state index contributed by atoms with van der Waals surface area (Å²) in [5.74, 6) is 0.927. The van der Waals surface area contributed by atoms with Gasteiger partial charge in [-0.2, -0.15) is 0 Å². The van der Waals surface area contributed by atoms with E-state index in [1.807, 2.05) is 48.5 Å². The van der Waals surface area contributed by atoms with Crippen molar-refractivity contribution in [1.82, 2.24) is 5.32 Å². The van der Waals surface area contributed by atoms with E-state index in [0.717, 1.165) is 29.6 Å². The van der Waals surface area contributed by atoms with Crippen LogP contribution in [-0.2, 0) is 0 Å². The highest BCUT2D eigenvalue weighted by Gasteiger charge is 2.29. The zero-order valence-corrected chi connectivity index (χ0v) is 14.2. The number of fused-ring (bicyclic) bond motifs is 1. The smallest absolute Gasteiger partial charge is 0.251 e. The van der Waals surface area contributed by atoms with Crippen molar-refractivity contribution in [3.63, 3.8) is 0 Å². The molecule has 2 N–H and O–H groups in total. The SMILES string of the molecule is O=C(NC[C@@H](c1ccco1)[NH+]1CCCC1)c1ccc2ccccc2c1. The fraction of sp³-hybridized carbons (Fsp3) is 0.286. The maximum absolute atomic E-state index is 12.6. The summed E-state index contributed by atoms with van der Waals surface area (Å²) < 4.78 is 5.63. The number of hydrogen-bond donors (Lipinski definition) is 2. The van der Waals surface area contributed by atoms with Gasteiger partial charge in [-0.15, -0.1) is 0 Å². The molecule has 1 fully saturated rings. The van der Waals surface area contributed by atoms with E-state index in [4.69, 9.17) is 4.42 Å². The summed E-state index contributed by atoms with van der Waals surface area (Å²) in [6.07, 6.45) is 4.19. The summed E-state index contributed by atoms with van der Waals surface area (Å²) in [4.78, 5) is 14.1. The molecule has 3 aromatic rings. The van der Waals surface area contributed by atoms with Crippen LogP contribution in [-0.4, -0.2) is 25.5 Å². The van der Waals surface area contributed by atoms with Crippen molar-refractivity contribution in [2.75, 3.05) is 19.6 Å². The molecule has 128 valence electrons. The van der Waals surface area contributed by atoms with Crippen molar-refractivity contribution >= 4 is 16.7 Å². The molecule has 0 saturated carbocycles. The Morgan fingerprint density at radius 3 is 2.60 bits per heavy atom. The van der Waals surface area contributed by atoms with Gasteiger partial charge in [-0.25, -0.2) is 0 Å². The molecule has 2 heterocycles. The van der Waals surface area contributed by atoms with Crippen LogP contribution in [0.3, 0.4) is 0 Å². The van der Waals surface area contributed by atoms with Crippen molar-refractivity contribution in [2.45, 2.75) is 18.9 Å². The highest BCUT2D eigenvalue weighted by Crippen LogP contribution is 2.16. The standard InChI is InChI=1S/C21H22N2O2/c24-21(18-10-9-16-6-1-2-7-17(16)14-18)22-15-19(20-8-5-13-25-20)23-11-3-4-12-23/h1-2,5-10,13-14,19H,3-4,11-12,15H2,(H,22,24)/p+1/t19-/m0/s1. The van der Waals surface area contributed by atoms with Crippen LogP contribution in [0.15, 0.2) is 65.3 Å². The Kier molecular flexibility index (Phi) is 4.53. The number of hydrogen-bond acceptors (Lipinski definition) is 2. The summed E-state index contributed by atoms with van der Waals surface area (Å²) in [5, 5.41) is 5.34. The Hall–Kier alpha value is -2.59. The Balaban J connectivity index is 1.48. The summed E-state index contributed by atoms with van der Waals surface area (Å²) in [6, 6.07) is 18.1. The van der Waals surface area contributed by atoms with Crippen LogP contribution in [0.1, 0.15) is 35.0 Å². The van der Waals surface area contributed by atoms with Crippen molar-refractivity contribution in [3.8, 4) is 0 Å². The van der Waals surface area contributed by atoms with Gasteiger partial charge in [-0.3, -0.25) is 4.79 Å². The molecule has 25 heavy (non-hydrogen) atoms. The molecule has 4 nitrogen and oxygen atoms in total. The molecule has 2 aromatic carbocycles. The number of carbonyl (C=O) groups is 1. The van der Waals surface area contributed by atoms with Crippen LogP contribution in [0.5, 0.6) is 0 Å². The first-order chi connectivity index (χ1) is 12.3. The van der Waals surface area contributed by atoms with Crippen LogP contribution in [0.25, 0.3) is 10.8 Å². The zero-order chi connectivity index (χ0) is 17.1. The number of likely N-dealkylation sites (tertiary alicyclic amines) is 1. The molecule has 4 rings (SSSR count). The third kappa shape index (κ3) is 3.44. The van der Waals surface area contributed by atoms with Crippen LogP contribution >= 0.6 is 0 Å². The molecule has 1 amide bonds. The van der Waals surface area contributed by atoms with E-state index in [-0.39, 0.29) is 11.9 Å². The molecule has 1 aliphatic rings. The molecule has 1 saturated heterocycles. The summed E-state index contributed by atoms with van der Waals surface area (Å²) in [6.45, 7) is 2.86. The molecule has 0 bridgehead atoms. The molecule has 1 aromatic heterocycles. The maximum Gasteiger partial charge on any atom is 0.251 e. The Morgan fingerprint density at radius 1 is 1.04 bits per heavy atom. The molecule has 1 atom stereocenters. The fourth-order valence-electron chi connectivity index (χ4n) is 3.74. The Labute approximate surface area is 147 Å². The van der Waals surface area contributed by atoms with Crippen LogP contribution in [0.4, 0.5) is 0 Å². The van der Waals surface area contributed by atoms with Crippen molar-refractivity contribution in [1.29, 1.82) is 0 Å². The molecule has 0 radical (unpaired) electrons. The lowest BCUT2D eigenvalue weighted by Gasteiger charge is -2.23. The van der Waals surface area contributed by atoms with Gasteiger partial charge in [0.15, 0.2) is 11.8 Å². The van der Waals surface area contributed by atoms with Gasteiger partial charge in [0.2, 0.25) is 0 Å². The minimum Gasteiger partial charge on any atom is -0.463 e. The number of amides is 1. The second-order valence-corrected chi connectivity index (χ2v) is 6.71. The minimum atomic E-state index is -0.0269. The third-order valence-electron chi connectivity index (χ3n) is 5.10. The molecule has 0 aliphatic carbocycles. The van der Waals surface area contributed by atoms with Gasteiger partial charge in [0, 0.05) is 18.4 Å². The van der Waals surface area contributed by atoms with Crippen molar-refractivity contribution in [2.24, 2.45) is 0 Å². The first kappa shape index (κ1) is 15.9. The van der Waals surface area contributed by atoms with Crippen LogP contribution in [0.2, 0.25) is 0 Å². The van der Waals surface area contributed by atoms with Crippen LogP contribution < -0.4 is 10.2 Å². The molecule has 0 unspecified atom stereocenters. The van der Waals surface area contributed by atoms with E-state index < -0.39 is 0 Å². The largest absolute Gasteiger partial charge is 0.463 e. The Bertz CT molecular complexity index is 851. The van der Waals surface area contributed by atoms with E-state index in [1.165, 1.54) is 17.7 Å². The average molecular weight is 335 g/mol. The third-order valence-corrected chi connectivity index (χ3v) is 5.10. The Morgan fingerprint density at radius 2 is 1.84 bits per heavy atom. The number of quaternary nitrogens is 1. The highest BCUT2D eigenvalue weighted by molar-refractivity contribution is 5.98. The molecule has 4 heteroatoms. The van der Waals surface area contributed by atoms with E-state index in [2.05, 4.69) is 11.4 Å². The lowest BCUT2D eigenvalue weighted by atomic mass is 10.1. The van der Waals surface area contributed by atoms with E-state index in [1.54, 1.807) is 6.26 Å². The second kappa shape index (κ2) is 7.11. The quantitative estimate of drug-likeness (QED) is 0.753. The van der Waals surface area contributed by atoms with Gasteiger partial charge >= 0.3 is 0 Å². The van der Waals surface area contributed by atoms with Gasteiger partial charge in [0.1, 0.15) is 0 Å². The van der Waals surface area contributed by atoms with Gasteiger partial charge in [-0.05, 0) is 35.0 Å². The number of furan rings is 1. The van der Waals surface area contributed by atoms with Crippen molar-refractivity contribution < 1.29 is 14.1 Å². The van der Waals surface area contributed by atoms with Crippen LogP contribution in [0, 0.1) is 0 Å². The lowest BCUT2D eigenvalue weighted by molar-refractivity contribution is -0.919. The summed E-state index contributed by atoms with van der Waals surface area (Å²) in [7, 11) is 0. The number of carbonyl (C=O) groups excluding carboxylic acids is 1. The molecular formula is C21H23N2O2+. The number of nitrogens with one attached hydrogen (secondary N) is 2. The normalized spacial score (nSPS) is 16.2. The molecular weight excluding hydrogens is 312 g/mol. The second-order valence-electron chi connectivity index (χ2n) is 6.71. The van der Waals surface area contributed by atoms with Gasteiger partial charge in [0.05, 0.1) is 25.9 Å². The molecule has 1 aliphatic heterocycles. The monoisotopic (exact) mass is 335 g/mol. The van der Waals surface area contributed by atoms with E-state index in [0.29, 0.717) is 12.1 Å². The predicted octanol–water partition coefficient (Wildman–Crippen LogP) is 2.58. The first-order valence-electron chi connectivity index (χ1n) is 8.96. The number of rotatable bonds is 5. The topological polar surface area (TPSA) is 46.7 Å². The lowest BCUT2D eigenvalue weighted by Crippen LogP contribution is -3.11.